The Labute approximate surface area is 138 Å². The maximum Gasteiger partial charge on any atom is 0.338 e. The predicted molar refractivity (Wildman–Crippen MR) is 85.4 cm³/mol. The summed E-state index contributed by atoms with van der Waals surface area (Å²) in [6.45, 7) is 1.55. The van der Waals surface area contributed by atoms with Crippen LogP contribution in [-0.2, 0) is 16.1 Å². The molecule has 2 aromatic carbocycles. The van der Waals surface area contributed by atoms with E-state index < -0.39 is 5.97 Å². The van der Waals surface area contributed by atoms with Crippen molar-refractivity contribution in [3.8, 4) is 28.4 Å². The van der Waals surface area contributed by atoms with Gasteiger partial charge in [0, 0.05) is 18.1 Å². The SMILES string of the molecule is COc1ccc(-c2ccc3c(c2)COC3=O)c(OC(C)=O)c1OC. The number of esters is 2. The number of carbonyl (C=O) groups excluding carboxylic acids is 2. The third-order valence-electron chi connectivity index (χ3n) is 3.74. The lowest BCUT2D eigenvalue weighted by molar-refractivity contribution is -0.131. The van der Waals surface area contributed by atoms with Crippen LogP contribution >= 0.6 is 0 Å². The molecule has 0 radical (unpaired) electrons. The van der Waals surface area contributed by atoms with Gasteiger partial charge in [-0.2, -0.15) is 0 Å². The molecule has 0 N–H and O–H groups in total. The van der Waals surface area contributed by atoms with Crippen LogP contribution in [0.2, 0.25) is 0 Å². The summed E-state index contributed by atoms with van der Waals surface area (Å²) in [5, 5.41) is 0. The third-order valence-corrected chi connectivity index (χ3v) is 3.74. The van der Waals surface area contributed by atoms with Gasteiger partial charge in [0.05, 0.1) is 19.8 Å². The highest BCUT2D eigenvalue weighted by molar-refractivity contribution is 5.94. The molecule has 1 aliphatic rings. The molecule has 0 spiro atoms. The highest BCUT2D eigenvalue weighted by Crippen LogP contribution is 2.45. The zero-order chi connectivity index (χ0) is 17.3. The number of carbonyl (C=O) groups is 2. The van der Waals surface area contributed by atoms with Crippen LogP contribution in [0, 0.1) is 0 Å². The minimum absolute atomic E-state index is 0.234. The molecule has 124 valence electrons. The first-order valence-electron chi connectivity index (χ1n) is 7.29. The van der Waals surface area contributed by atoms with Gasteiger partial charge in [0.25, 0.3) is 0 Å². The predicted octanol–water partition coefficient (Wildman–Crippen LogP) is 2.97. The molecule has 6 nitrogen and oxygen atoms in total. The van der Waals surface area contributed by atoms with E-state index in [1.807, 2.05) is 6.07 Å². The smallest absolute Gasteiger partial charge is 0.338 e. The van der Waals surface area contributed by atoms with Gasteiger partial charge in [-0.3, -0.25) is 4.79 Å². The van der Waals surface area contributed by atoms with Crippen molar-refractivity contribution < 1.29 is 28.5 Å². The Kier molecular flexibility index (Phi) is 4.12. The van der Waals surface area contributed by atoms with Crippen molar-refractivity contribution in [1.29, 1.82) is 0 Å². The number of methoxy groups -OCH3 is 2. The van der Waals surface area contributed by atoms with Crippen molar-refractivity contribution in [2.24, 2.45) is 0 Å². The molecule has 24 heavy (non-hydrogen) atoms. The lowest BCUT2D eigenvalue weighted by Gasteiger charge is -2.16. The van der Waals surface area contributed by atoms with Crippen molar-refractivity contribution in [2.45, 2.75) is 13.5 Å². The Morgan fingerprint density at radius 3 is 2.46 bits per heavy atom. The second-order valence-corrected chi connectivity index (χ2v) is 5.22. The number of fused-ring (bicyclic) bond motifs is 1. The number of hydrogen-bond donors (Lipinski definition) is 0. The molecule has 3 rings (SSSR count). The summed E-state index contributed by atoms with van der Waals surface area (Å²) < 4.78 is 21.0. The Hall–Kier alpha value is -3.02. The molecule has 1 aliphatic heterocycles. The van der Waals surface area contributed by atoms with Crippen molar-refractivity contribution in [2.75, 3.05) is 14.2 Å². The van der Waals surface area contributed by atoms with Crippen molar-refractivity contribution in [3.63, 3.8) is 0 Å². The lowest BCUT2D eigenvalue weighted by Crippen LogP contribution is -2.05. The van der Waals surface area contributed by atoms with Crippen LogP contribution in [0.1, 0.15) is 22.8 Å². The largest absolute Gasteiger partial charge is 0.493 e. The minimum atomic E-state index is -0.470. The molecule has 0 saturated carbocycles. The van der Waals surface area contributed by atoms with Gasteiger partial charge >= 0.3 is 11.9 Å². The van der Waals surface area contributed by atoms with Crippen LogP contribution < -0.4 is 14.2 Å². The molecule has 0 saturated heterocycles. The van der Waals surface area contributed by atoms with E-state index >= 15 is 0 Å². The standard InChI is InChI=1S/C18H16O6/c1-10(19)24-16-13(6-7-15(21-2)17(16)22-3)11-4-5-14-12(8-11)9-23-18(14)20/h4-8H,9H2,1-3H3. The molecule has 0 unspecified atom stereocenters. The topological polar surface area (TPSA) is 71.1 Å². The quantitative estimate of drug-likeness (QED) is 0.635. The molecular weight excluding hydrogens is 312 g/mol. The van der Waals surface area contributed by atoms with Crippen LogP contribution in [-0.4, -0.2) is 26.2 Å². The lowest BCUT2D eigenvalue weighted by atomic mass is 9.99. The van der Waals surface area contributed by atoms with Gasteiger partial charge in [0.1, 0.15) is 6.61 Å². The average Bonchev–Trinajstić information content (AvgIpc) is 2.94. The molecule has 0 aliphatic carbocycles. The maximum absolute atomic E-state index is 11.6. The molecule has 0 fully saturated rings. The van der Waals surface area contributed by atoms with Crippen LogP contribution in [0.15, 0.2) is 30.3 Å². The molecule has 1 heterocycles. The number of ether oxygens (including phenoxy) is 4. The van der Waals surface area contributed by atoms with Gasteiger partial charge in [-0.1, -0.05) is 6.07 Å². The van der Waals surface area contributed by atoms with Crippen LogP contribution in [0.4, 0.5) is 0 Å². The summed E-state index contributed by atoms with van der Waals surface area (Å²) in [4.78, 5) is 23.1. The zero-order valence-corrected chi connectivity index (χ0v) is 13.5. The van der Waals surface area contributed by atoms with E-state index in [0.29, 0.717) is 22.6 Å². The monoisotopic (exact) mass is 328 g/mol. The van der Waals surface area contributed by atoms with Gasteiger partial charge in [0.2, 0.25) is 5.75 Å². The van der Waals surface area contributed by atoms with Crippen LogP contribution in [0.5, 0.6) is 17.2 Å². The normalized spacial score (nSPS) is 12.4. The van der Waals surface area contributed by atoms with E-state index in [2.05, 4.69) is 0 Å². The first-order valence-corrected chi connectivity index (χ1v) is 7.29. The zero-order valence-electron chi connectivity index (χ0n) is 13.5. The molecule has 2 aromatic rings. The first kappa shape index (κ1) is 15.9. The summed E-state index contributed by atoms with van der Waals surface area (Å²) in [5.74, 6) is 0.260. The van der Waals surface area contributed by atoms with Crippen molar-refractivity contribution in [1.82, 2.24) is 0 Å². The average molecular weight is 328 g/mol. The Balaban J connectivity index is 2.17. The number of hydrogen-bond acceptors (Lipinski definition) is 6. The van der Waals surface area contributed by atoms with E-state index in [1.54, 1.807) is 24.3 Å². The number of rotatable bonds is 4. The van der Waals surface area contributed by atoms with E-state index in [9.17, 15) is 9.59 Å². The van der Waals surface area contributed by atoms with E-state index in [0.717, 1.165) is 11.1 Å². The number of benzene rings is 2. The highest BCUT2D eigenvalue weighted by Gasteiger charge is 2.24. The van der Waals surface area contributed by atoms with E-state index in [4.69, 9.17) is 18.9 Å². The number of cyclic esters (lactones) is 1. The molecular formula is C18H16O6. The van der Waals surface area contributed by atoms with Gasteiger partial charge < -0.3 is 18.9 Å². The summed E-state index contributed by atoms with van der Waals surface area (Å²) in [6.07, 6.45) is 0. The van der Waals surface area contributed by atoms with Crippen LogP contribution in [0.25, 0.3) is 11.1 Å². The first-order chi connectivity index (χ1) is 11.5. The summed E-state index contributed by atoms with van der Waals surface area (Å²) in [5.41, 5.74) is 2.78. The second kappa shape index (κ2) is 6.23. The van der Waals surface area contributed by atoms with Crippen LogP contribution in [0.3, 0.4) is 0 Å². The molecule has 0 aromatic heterocycles. The fourth-order valence-electron chi connectivity index (χ4n) is 2.67. The molecule has 6 heteroatoms. The van der Waals surface area contributed by atoms with Gasteiger partial charge in [-0.15, -0.1) is 0 Å². The van der Waals surface area contributed by atoms with Gasteiger partial charge in [0.15, 0.2) is 11.5 Å². The summed E-state index contributed by atoms with van der Waals surface area (Å²) in [6, 6.07) is 8.83. The van der Waals surface area contributed by atoms with Gasteiger partial charge in [-0.25, -0.2) is 4.79 Å². The molecule has 0 atom stereocenters. The van der Waals surface area contributed by atoms with E-state index in [1.165, 1.54) is 21.1 Å². The third kappa shape index (κ3) is 2.67. The summed E-state index contributed by atoms with van der Waals surface area (Å²) >= 11 is 0. The Bertz CT molecular complexity index is 824. The minimum Gasteiger partial charge on any atom is -0.493 e. The van der Waals surface area contributed by atoms with E-state index in [-0.39, 0.29) is 18.3 Å². The van der Waals surface area contributed by atoms with Crippen molar-refractivity contribution >= 4 is 11.9 Å². The van der Waals surface area contributed by atoms with Gasteiger partial charge in [-0.05, 0) is 29.8 Å². The molecule has 0 bridgehead atoms. The highest BCUT2D eigenvalue weighted by atomic mass is 16.6. The maximum atomic E-state index is 11.6. The Morgan fingerprint density at radius 2 is 1.79 bits per heavy atom. The molecule has 0 amide bonds. The Morgan fingerprint density at radius 1 is 1.04 bits per heavy atom. The second-order valence-electron chi connectivity index (χ2n) is 5.22. The summed E-state index contributed by atoms with van der Waals surface area (Å²) in [7, 11) is 2.98. The fourth-order valence-corrected chi connectivity index (χ4v) is 2.67. The fraction of sp³-hybridized carbons (Fsp3) is 0.222. The van der Waals surface area contributed by atoms with Crippen molar-refractivity contribution in [3.05, 3.63) is 41.5 Å².